The van der Waals surface area contributed by atoms with Gasteiger partial charge in [-0.05, 0) is 18.1 Å². The molecule has 1 aromatic carbocycles. The van der Waals surface area contributed by atoms with Gasteiger partial charge in [0.25, 0.3) is 0 Å². The van der Waals surface area contributed by atoms with Crippen molar-refractivity contribution in [2.45, 2.75) is 19.8 Å². The molecule has 0 saturated heterocycles. The summed E-state index contributed by atoms with van der Waals surface area (Å²) >= 11 is 0. The van der Waals surface area contributed by atoms with E-state index >= 15 is 0 Å². The number of nitrogens with zero attached hydrogens (tertiary/aromatic N) is 1. The number of nitrogens with one attached hydrogen (secondary N) is 2. The fraction of sp³-hybridized carbons (Fsp3) is 0.467. The van der Waals surface area contributed by atoms with Gasteiger partial charge in [0.2, 0.25) is 11.8 Å². The number of benzene rings is 1. The third-order valence-corrected chi connectivity index (χ3v) is 3.41. The Morgan fingerprint density at radius 3 is 2.80 bits per heavy atom. The number of hydrogen-bond donors (Lipinski definition) is 2. The zero-order valence-corrected chi connectivity index (χ0v) is 11.8. The van der Waals surface area contributed by atoms with Crippen molar-refractivity contribution in [2.75, 3.05) is 31.1 Å². The highest BCUT2D eigenvalue weighted by Crippen LogP contribution is 2.26. The first-order valence-electron chi connectivity index (χ1n) is 7.01. The Morgan fingerprint density at radius 1 is 1.20 bits per heavy atom. The number of fused-ring (bicyclic) bond motifs is 1. The van der Waals surface area contributed by atoms with E-state index in [9.17, 15) is 9.59 Å². The molecule has 1 aliphatic heterocycles. The molecule has 0 radical (unpaired) electrons. The van der Waals surface area contributed by atoms with Crippen molar-refractivity contribution in [1.29, 1.82) is 0 Å². The van der Waals surface area contributed by atoms with E-state index in [0.717, 1.165) is 19.5 Å². The summed E-state index contributed by atoms with van der Waals surface area (Å²) in [7, 11) is 0. The average molecular weight is 275 g/mol. The highest BCUT2D eigenvalue weighted by Gasteiger charge is 2.17. The van der Waals surface area contributed by atoms with Gasteiger partial charge in [-0.25, -0.2) is 0 Å². The molecule has 0 aromatic heterocycles. The van der Waals surface area contributed by atoms with Crippen LogP contribution >= 0.6 is 0 Å². The second kappa shape index (κ2) is 6.93. The van der Waals surface area contributed by atoms with E-state index in [1.54, 1.807) is 0 Å². The lowest BCUT2D eigenvalue weighted by atomic mass is 10.2. The smallest absolute Gasteiger partial charge is 0.221 e. The highest BCUT2D eigenvalue weighted by atomic mass is 16.2. The van der Waals surface area contributed by atoms with Gasteiger partial charge in [-0.2, -0.15) is 0 Å². The Morgan fingerprint density at radius 2 is 2.00 bits per heavy atom. The van der Waals surface area contributed by atoms with Gasteiger partial charge >= 0.3 is 0 Å². The Kier molecular flexibility index (Phi) is 4.98. The van der Waals surface area contributed by atoms with Gasteiger partial charge in [0.1, 0.15) is 0 Å². The molecule has 5 nitrogen and oxygen atoms in total. The predicted octanol–water partition coefficient (Wildman–Crippen LogP) is 0.692. The minimum absolute atomic E-state index is 0.0220. The zero-order chi connectivity index (χ0) is 14.4. The van der Waals surface area contributed by atoms with E-state index in [0.29, 0.717) is 19.5 Å². The first kappa shape index (κ1) is 14.4. The van der Waals surface area contributed by atoms with Crippen LogP contribution in [0.4, 0.5) is 5.69 Å². The Labute approximate surface area is 119 Å². The van der Waals surface area contributed by atoms with Crippen molar-refractivity contribution in [3.63, 3.8) is 0 Å². The third-order valence-electron chi connectivity index (χ3n) is 3.41. The van der Waals surface area contributed by atoms with Crippen LogP contribution in [0.25, 0.3) is 0 Å². The lowest BCUT2D eigenvalue weighted by molar-refractivity contribution is -0.121. The molecule has 0 spiro atoms. The van der Waals surface area contributed by atoms with E-state index in [1.165, 1.54) is 18.2 Å². The summed E-state index contributed by atoms with van der Waals surface area (Å²) in [4.78, 5) is 24.5. The van der Waals surface area contributed by atoms with Crippen LogP contribution < -0.4 is 15.5 Å². The Bertz CT molecular complexity index is 488. The van der Waals surface area contributed by atoms with Crippen molar-refractivity contribution in [2.24, 2.45) is 0 Å². The van der Waals surface area contributed by atoms with E-state index < -0.39 is 0 Å². The standard InChI is InChI=1S/C15H21N3O2/c1-12(19)16-8-6-15(20)17-9-11-18-10-7-13-4-2-3-5-14(13)18/h2-5H,6-11H2,1H3,(H,16,19)(H,17,20). The number of carbonyl (C=O) groups is 2. The number of carbonyl (C=O) groups excluding carboxylic acids is 2. The molecule has 1 heterocycles. The normalized spacial score (nSPS) is 12.9. The molecule has 0 saturated carbocycles. The molecule has 1 aromatic rings. The van der Waals surface area contributed by atoms with Crippen molar-refractivity contribution in [1.82, 2.24) is 10.6 Å². The molecule has 2 N–H and O–H groups in total. The number of rotatable bonds is 6. The topological polar surface area (TPSA) is 61.4 Å². The number of anilines is 1. The van der Waals surface area contributed by atoms with Gasteiger partial charge in [-0.3, -0.25) is 9.59 Å². The van der Waals surface area contributed by atoms with Gasteiger partial charge < -0.3 is 15.5 Å². The Hall–Kier alpha value is -2.04. The molecule has 0 unspecified atom stereocenters. The van der Waals surface area contributed by atoms with Gasteiger partial charge in [0.05, 0.1) is 0 Å². The van der Waals surface area contributed by atoms with Crippen LogP contribution in [0.2, 0.25) is 0 Å². The summed E-state index contributed by atoms with van der Waals surface area (Å²) in [5.41, 5.74) is 2.66. The SMILES string of the molecule is CC(=O)NCCC(=O)NCCN1CCc2ccccc21. The molecule has 0 atom stereocenters. The summed E-state index contributed by atoms with van der Waals surface area (Å²) < 4.78 is 0. The maximum absolute atomic E-state index is 11.6. The largest absolute Gasteiger partial charge is 0.369 e. The second-order valence-electron chi connectivity index (χ2n) is 4.95. The van der Waals surface area contributed by atoms with Crippen LogP contribution in [-0.4, -0.2) is 38.0 Å². The number of para-hydroxylation sites is 1. The molecule has 0 fully saturated rings. The van der Waals surface area contributed by atoms with Crippen molar-refractivity contribution in [3.05, 3.63) is 29.8 Å². The molecule has 0 aliphatic carbocycles. The molecule has 20 heavy (non-hydrogen) atoms. The molecular weight excluding hydrogens is 254 g/mol. The van der Waals surface area contributed by atoms with E-state index in [4.69, 9.17) is 0 Å². The predicted molar refractivity (Wildman–Crippen MR) is 78.7 cm³/mol. The molecule has 108 valence electrons. The molecule has 0 bridgehead atoms. The molecule has 1 aliphatic rings. The van der Waals surface area contributed by atoms with Gasteiger partial charge in [-0.1, -0.05) is 18.2 Å². The van der Waals surface area contributed by atoms with Crippen molar-refractivity contribution < 1.29 is 9.59 Å². The maximum atomic E-state index is 11.6. The summed E-state index contributed by atoms with van der Waals surface area (Å²) in [6.07, 6.45) is 1.41. The number of hydrogen-bond acceptors (Lipinski definition) is 3. The lowest BCUT2D eigenvalue weighted by Gasteiger charge is -2.19. The van der Waals surface area contributed by atoms with Crippen molar-refractivity contribution in [3.8, 4) is 0 Å². The molecule has 2 rings (SSSR count). The monoisotopic (exact) mass is 275 g/mol. The first-order chi connectivity index (χ1) is 9.66. The Balaban J connectivity index is 1.67. The number of amides is 2. The summed E-state index contributed by atoms with van der Waals surface area (Å²) in [6, 6.07) is 8.39. The van der Waals surface area contributed by atoms with Gasteiger partial charge in [0, 0.05) is 45.2 Å². The van der Waals surface area contributed by atoms with Gasteiger partial charge in [-0.15, -0.1) is 0 Å². The van der Waals surface area contributed by atoms with Crippen LogP contribution in [0.15, 0.2) is 24.3 Å². The minimum Gasteiger partial charge on any atom is -0.369 e. The van der Waals surface area contributed by atoms with Crippen LogP contribution in [0, 0.1) is 0 Å². The quantitative estimate of drug-likeness (QED) is 0.803. The van der Waals surface area contributed by atoms with Crippen LogP contribution in [-0.2, 0) is 16.0 Å². The maximum Gasteiger partial charge on any atom is 0.221 e. The van der Waals surface area contributed by atoms with E-state index in [1.807, 2.05) is 6.07 Å². The van der Waals surface area contributed by atoms with E-state index in [2.05, 4.69) is 33.7 Å². The van der Waals surface area contributed by atoms with Crippen LogP contribution in [0.5, 0.6) is 0 Å². The van der Waals surface area contributed by atoms with Crippen LogP contribution in [0.1, 0.15) is 18.9 Å². The summed E-state index contributed by atoms with van der Waals surface area (Å²) in [5.74, 6) is -0.127. The molecular formula is C15H21N3O2. The molecule has 2 amide bonds. The fourth-order valence-corrected chi connectivity index (χ4v) is 2.41. The summed E-state index contributed by atoms with van der Waals surface area (Å²) in [6.45, 7) is 4.31. The highest BCUT2D eigenvalue weighted by molar-refractivity contribution is 5.77. The first-order valence-corrected chi connectivity index (χ1v) is 7.01. The molecule has 5 heteroatoms. The second-order valence-corrected chi connectivity index (χ2v) is 4.95. The summed E-state index contributed by atoms with van der Waals surface area (Å²) in [5, 5.41) is 5.49. The fourth-order valence-electron chi connectivity index (χ4n) is 2.41. The van der Waals surface area contributed by atoms with Crippen LogP contribution in [0.3, 0.4) is 0 Å². The van der Waals surface area contributed by atoms with Crippen molar-refractivity contribution >= 4 is 17.5 Å². The third kappa shape index (κ3) is 3.98. The average Bonchev–Trinajstić information content (AvgIpc) is 2.82. The lowest BCUT2D eigenvalue weighted by Crippen LogP contribution is -2.35. The van der Waals surface area contributed by atoms with Gasteiger partial charge in [0.15, 0.2) is 0 Å². The zero-order valence-electron chi connectivity index (χ0n) is 11.8. The van der Waals surface area contributed by atoms with E-state index in [-0.39, 0.29) is 11.8 Å². The minimum atomic E-state index is -0.105.